The molecular formula is C19H24ClNO2. The largest absolute Gasteiger partial charge is 0.497 e. The molecule has 2 fully saturated rings. The van der Waals surface area contributed by atoms with E-state index in [0.717, 1.165) is 18.6 Å². The molecule has 4 heteroatoms. The average Bonchev–Trinajstić information content (AvgIpc) is 2.55. The van der Waals surface area contributed by atoms with Gasteiger partial charge in [-0.15, -0.1) is 0 Å². The van der Waals surface area contributed by atoms with Gasteiger partial charge in [0.15, 0.2) is 0 Å². The fourth-order valence-electron chi connectivity index (χ4n) is 5.37. The van der Waals surface area contributed by atoms with E-state index in [1.807, 2.05) is 0 Å². The number of methoxy groups -OCH3 is 1. The van der Waals surface area contributed by atoms with Gasteiger partial charge in [-0.25, -0.2) is 0 Å². The van der Waals surface area contributed by atoms with Crippen LogP contribution in [0, 0.1) is 17.3 Å². The Morgan fingerprint density at radius 3 is 2.96 bits per heavy atom. The second-order valence-electron chi connectivity index (χ2n) is 7.79. The first-order valence-corrected chi connectivity index (χ1v) is 8.98. The molecule has 1 aromatic carbocycles. The van der Waals surface area contributed by atoms with Crippen LogP contribution in [0.4, 0.5) is 0 Å². The maximum Gasteiger partial charge on any atom is 0.237 e. The van der Waals surface area contributed by atoms with E-state index in [2.05, 4.69) is 25.1 Å². The lowest BCUT2D eigenvalue weighted by atomic mass is 9.53. The van der Waals surface area contributed by atoms with Crippen LogP contribution in [0.15, 0.2) is 18.2 Å². The number of fused-ring (bicyclic) bond motifs is 5. The summed E-state index contributed by atoms with van der Waals surface area (Å²) in [5, 5.41) is 0. The lowest BCUT2D eigenvalue weighted by Crippen LogP contribution is -2.53. The van der Waals surface area contributed by atoms with Gasteiger partial charge in [-0.2, -0.15) is 0 Å². The van der Waals surface area contributed by atoms with E-state index < -0.39 is 0 Å². The first-order valence-electron chi connectivity index (χ1n) is 8.65. The number of hydrogen-bond donors (Lipinski definition) is 0. The van der Waals surface area contributed by atoms with Crippen LogP contribution in [0.5, 0.6) is 5.75 Å². The number of nitrogens with zero attached hydrogens (tertiary/aromatic N) is 1. The molecule has 0 aromatic heterocycles. The summed E-state index contributed by atoms with van der Waals surface area (Å²) >= 11 is 6.14. The van der Waals surface area contributed by atoms with Gasteiger partial charge in [0.05, 0.1) is 7.11 Å². The summed E-state index contributed by atoms with van der Waals surface area (Å²) in [6.07, 6.45) is 5.25. The fraction of sp³-hybridized carbons (Fsp3) is 0.632. The van der Waals surface area contributed by atoms with E-state index in [0.29, 0.717) is 30.7 Å². The number of carbonyl (C=O) groups excluding carboxylic acids is 1. The minimum atomic E-state index is 0.107. The van der Waals surface area contributed by atoms with Crippen LogP contribution in [0.1, 0.15) is 49.7 Å². The van der Waals surface area contributed by atoms with Gasteiger partial charge in [0.2, 0.25) is 5.91 Å². The Hall–Kier alpha value is -1.22. The van der Waals surface area contributed by atoms with Crippen molar-refractivity contribution < 1.29 is 9.53 Å². The van der Waals surface area contributed by atoms with Crippen LogP contribution in [0.25, 0.3) is 0 Å². The Morgan fingerprint density at radius 1 is 1.35 bits per heavy atom. The normalized spacial score (nSPS) is 36.0. The van der Waals surface area contributed by atoms with Gasteiger partial charge in [0.1, 0.15) is 5.75 Å². The molecule has 3 nitrogen and oxygen atoms in total. The van der Waals surface area contributed by atoms with Gasteiger partial charge >= 0.3 is 0 Å². The Labute approximate surface area is 143 Å². The monoisotopic (exact) mass is 333 g/mol. The number of ether oxygens (including phenoxy) is 1. The van der Waals surface area contributed by atoms with Crippen LogP contribution >= 0.6 is 11.8 Å². The first kappa shape index (κ1) is 15.3. The zero-order chi connectivity index (χ0) is 16.2. The van der Waals surface area contributed by atoms with Crippen molar-refractivity contribution in [3.63, 3.8) is 0 Å². The van der Waals surface area contributed by atoms with Crippen molar-refractivity contribution in [2.75, 3.05) is 13.7 Å². The molecule has 1 saturated carbocycles. The number of hydrogen-bond acceptors (Lipinski definition) is 2. The second-order valence-corrected chi connectivity index (χ2v) is 8.20. The highest BCUT2D eigenvalue weighted by molar-refractivity contribution is 6.21. The molecule has 1 aromatic rings. The number of piperidine rings is 1. The summed E-state index contributed by atoms with van der Waals surface area (Å²) in [5.74, 6) is 2.74. The van der Waals surface area contributed by atoms with Crippen LogP contribution in [0.2, 0.25) is 0 Å². The second kappa shape index (κ2) is 5.41. The van der Waals surface area contributed by atoms with Gasteiger partial charge in [-0.3, -0.25) is 9.21 Å². The summed E-state index contributed by atoms with van der Waals surface area (Å²) in [7, 11) is 1.73. The highest BCUT2D eigenvalue weighted by Crippen LogP contribution is 2.57. The van der Waals surface area contributed by atoms with Gasteiger partial charge in [0, 0.05) is 24.7 Å². The van der Waals surface area contributed by atoms with Crippen LogP contribution in [0.3, 0.4) is 0 Å². The van der Waals surface area contributed by atoms with Crippen molar-refractivity contribution in [2.24, 2.45) is 17.3 Å². The van der Waals surface area contributed by atoms with Gasteiger partial charge in [-0.05, 0) is 72.1 Å². The Balaban J connectivity index is 1.67. The van der Waals surface area contributed by atoms with Gasteiger partial charge < -0.3 is 4.74 Å². The number of aryl methyl sites for hydroxylation is 1. The molecule has 0 spiro atoms. The number of rotatable bonds is 1. The molecule has 0 bridgehead atoms. The third kappa shape index (κ3) is 2.36. The van der Waals surface area contributed by atoms with Gasteiger partial charge in [0.25, 0.3) is 0 Å². The van der Waals surface area contributed by atoms with E-state index in [-0.39, 0.29) is 11.3 Å². The standard InChI is InChI=1S/C19H24ClNO2/c1-19-8-7-15-14-6-4-13(23-2)9-12(14)3-5-16(15)17(19)10-18(22)21(20)11-19/h4,6,9,15-17H,3,5,7-8,10-11H2,1-2H3. The molecule has 3 aliphatic rings. The molecule has 2 aliphatic carbocycles. The number of amides is 1. The number of halogens is 1. The summed E-state index contributed by atoms with van der Waals surface area (Å²) in [6, 6.07) is 6.54. The summed E-state index contributed by atoms with van der Waals surface area (Å²) < 4.78 is 6.81. The lowest BCUT2D eigenvalue weighted by Gasteiger charge is -2.54. The summed E-state index contributed by atoms with van der Waals surface area (Å²) in [5.41, 5.74) is 3.11. The van der Waals surface area contributed by atoms with Crippen LogP contribution in [-0.2, 0) is 11.2 Å². The van der Waals surface area contributed by atoms with Crippen molar-refractivity contribution in [2.45, 2.75) is 44.9 Å². The average molecular weight is 334 g/mol. The molecule has 1 aliphatic heterocycles. The molecule has 4 atom stereocenters. The summed E-state index contributed by atoms with van der Waals surface area (Å²) in [6.45, 7) is 3.04. The van der Waals surface area contributed by atoms with Crippen molar-refractivity contribution in [1.82, 2.24) is 4.42 Å². The predicted molar refractivity (Wildman–Crippen MR) is 90.6 cm³/mol. The highest BCUT2D eigenvalue weighted by Gasteiger charge is 2.52. The SMILES string of the molecule is COc1ccc2c(c1)CCC1C2CCC2(C)CN(Cl)C(=O)CC12. The molecule has 124 valence electrons. The zero-order valence-corrected chi connectivity index (χ0v) is 14.6. The Kier molecular flexibility index (Phi) is 3.60. The third-order valence-electron chi connectivity index (χ3n) is 6.62. The zero-order valence-electron chi connectivity index (χ0n) is 13.8. The molecule has 1 saturated heterocycles. The third-order valence-corrected chi connectivity index (χ3v) is 6.93. The smallest absolute Gasteiger partial charge is 0.237 e. The molecule has 4 unspecified atom stereocenters. The summed E-state index contributed by atoms with van der Waals surface area (Å²) in [4.78, 5) is 12.2. The predicted octanol–water partition coefficient (Wildman–Crippen LogP) is 4.14. The first-order chi connectivity index (χ1) is 11.0. The Morgan fingerprint density at radius 2 is 2.17 bits per heavy atom. The lowest BCUT2D eigenvalue weighted by molar-refractivity contribution is -0.139. The van der Waals surface area contributed by atoms with E-state index in [1.54, 1.807) is 7.11 Å². The number of benzene rings is 1. The van der Waals surface area contributed by atoms with Crippen molar-refractivity contribution in [3.8, 4) is 5.75 Å². The van der Waals surface area contributed by atoms with Crippen LogP contribution < -0.4 is 4.74 Å². The van der Waals surface area contributed by atoms with E-state index in [9.17, 15) is 4.79 Å². The topological polar surface area (TPSA) is 29.5 Å². The molecule has 0 N–H and O–H groups in total. The minimum Gasteiger partial charge on any atom is -0.497 e. The van der Waals surface area contributed by atoms with Crippen molar-refractivity contribution in [1.29, 1.82) is 0 Å². The highest BCUT2D eigenvalue weighted by atomic mass is 35.5. The van der Waals surface area contributed by atoms with E-state index in [4.69, 9.17) is 16.5 Å². The maximum absolute atomic E-state index is 12.2. The van der Waals surface area contributed by atoms with Crippen molar-refractivity contribution >= 4 is 17.7 Å². The molecular weight excluding hydrogens is 310 g/mol. The molecule has 0 radical (unpaired) electrons. The molecule has 4 rings (SSSR count). The van der Waals surface area contributed by atoms with Crippen molar-refractivity contribution in [3.05, 3.63) is 29.3 Å². The number of carbonyl (C=O) groups is 1. The Bertz CT molecular complexity index is 646. The van der Waals surface area contributed by atoms with Gasteiger partial charge in [-0.1, -0.05) is 13.0 Å². The van der Waals surface area contributed by atoms with E-state index in [1.165, 1.54) is 28.4 Å². The fourth-order valence-corrected chi connectivity index (χ4v) is 5.71. The molecule has 23 heavy (non-hydrogen) atoms. The van der Waals surface area contributed by atoms with E-state index >= 15 is 0 Å². The maximum atomic E-state index is 12.2. The molecule has 1 amide bonds. The quantitative estimate of drug-likeness (QED) is 0.723. The molecule has 1 heterocycles. The minimum absolute atomic E-state index is 0.107. The van der Waals surface area contributed by atoms with Crippen LogP contribution in [-0.4, -0.2) is 24.0 Å².